The molecule has 0 aliphatic rings. The summed E-state index contributed by atoms with van der Waals surface area (Å²) in [4.78, 5) is 11.2. The first-order valence-electron chi connectivity index (χ1n) is 4.16. The molecule has 13 heavy (non-hydrogen) atoms. The lowest BCUT2D eigenvalue weighted by Gasteiger charge is -2.21. The van der Waals surface area contributed by atoms with Gasteiger partial charge in [0, 0.05) is 5.88 Å². The third-order valence-corrected chi connectivity index (χ3v) is 1.88. The smallest absolute Gasteiger partial charge is 0.408 e. The molecule has 0 aromatic carbocycles. The summed E-state index contributed by atoms with van der Waals surface area (Å²) in [6.07, 6.45) is -0.402. The highest BCUT2D eigenvalue weighted by molar-refractivity contribution is 7.99. The minimum absolute atomic E-state index is 0.0140. The van der Waals surface area contributed by atoms with E-state index in [1.165, 1.54) is 11.8 Å². The third kappa shape index (κ3) is 7.93. The number of thioether (sulfide) groups is 1. The maximum absolute atomic E-state index is 11.2. The van der Waals surface area contributed by atoms with Gasteiger partial charge in [-0.1, -0.05) is 0 Å². The highest BCUT2D eigenvalue weighted by Gasteiger charge is 2.17. The number of nitrogens with one attached hydrogen (secondary N) is 1. The monoisotopic (exact) mass is 206 g/mol. The first-order valence-corrected chi connectivity index (χ1v) is 5.21. The summed E-state index contributed by atoms with van der Waals surface area (Å²) in [6.45, 7) is 7.34. The Morgan fingerprint density at radius 1 is 1.62 bits per heavy atom. The number of hydrogen-bond donors (Lipinski definition) is 2. The normalized spacial score (nSPS) is 13.6. The van der Waals surface area contributed by atoms with Gasteiger partial charge in [0.15, 0.2) is 0 Å². The first-order chi connectivity index (χ1) is 5.85. The molecule has 0 aromatic rings. The van der Waals surface area contributed by atoms with E-state index in [-0.39, 0.29) is 5.37 Å². The molecule has 1 atom stereocenters. The number of rotatable bonds is 3. The Morgan fingerprint density at radius 2 is 2.15 bits per heavy atom. The van der Waals surface area contributed by atoms with Gasteiger partial charge in [0.25, 0.3) is 0 Å². The summed E-state index contributed by atoms with van der Waals surface area (Å²) >= 11 is 1.45. The van der Waals surface area contributed by atoms with E-state index in [0.717, 1.165) is 0 Å². The number of hydrogen-bond acceptors (Lipinski definition) is 4. The average molecular weight is 206 g/mol. The molecule has 0 spiro atoms. The van der Waals surface area contributed by atoms with Crippen molar-refractivity contribution in [3.8, 4) is 0 Å². The lowest BCUT2D eigenvalue weighted by atomic mass is 10.2. The van der Waals surface area contributed by atoms with E-state index in [2.05, 4.69) is 5.32 Å². The van der Waals surface area contributed by atoms with Crippen molar-refractivity contribution in [3.05, 3.63) is 0 Å². The van der Waals surface area contributed by atoms with Gasteiger partial charge in [0.2, 0.25) is 0 Å². The standard InChI is InChI=1S/C8H18N2O2S/c1-6(13-5-9)10-7(11)12-8(2,3)4/h6H,5,9H2,1-4H3,(H,10,11)/t6-/m1/s1. The number of carbonyl (C=O) groups excluding carboxylic acids is 1. The Kier molecular flexibility index (Phi) is 5.17. The van der Waals surface area contributed by atoms with Crippen molar-refractivity contribution in [2.24, 2.45) is 5.73 Å². The van der Waals surface area contributed by atoms with Crippen LogP contribution in [0.15, 0.2) is 0 Å². The first kappa shape index (κ1) is 12.6. The molecular weight excluding hydrogens is 188 g/mol. The molecule has 5 heteroatoms. The quantitative estimate of drug-likeness (QED) is 0.687. The van der Waals surface area contributed by atoms with Crippen LogP contribution in [0.2, 0.25) is 0 Å². The van der Waals surface area contributed by atoms with E-state index in [4.69, 9.17) is 10.5 Å². The van der Waals surface area contributed by atoms with Gasteiger partial charge >= 0.3 is 6.09 Å². The van der Waals surface area contributed by atoms with Crippen molar-refractivity contribution in [2.75, 3.05) is 5.88 Å². The molecule has 0 radical (unpaired) electrons. The van der Waals surface area contributed by atoms with Gasteiger partial charge in [-0.3, -0.25) is 0 Å². The highest BCUT2D eigenvalue weighted by Crippen LogP contribution is 2.09. The van der Waals surface area contributed by atoms with Gasteiger partial charge in [-0.05, 0) is 27.7 Å². The summed E-state index contributed by atoms with van der Waals surface area (Å²) in [7, 11) is 0. The molecule has 0 saturated carbocycles. The summed E-state index contributed by atoms with van der Waals surface area (Å²) in [6, 6.07) is 0. The van der Waals surface area contributed by atoms with Crippen molar-refractivity contribution in [2.45, 2.75) is 38.7 Å². The third-order valence-electron chi connectivity index (χ3n) is 1.07. The zero-order chi connectivity index (χ0) is 10.5. The zero-order valence-electron chi connectivity index (χ0n) is 8.59. The molecule has 0 fully saturated rings. The van der Waals surface area contributed by atoms with Crippen LogP contribution in [0.25, 0.3) is 0 Å². The lowest BCUT2D eigenvalue weighted by molar-refractivity contribution is 0.0525. The van der Waals surface area contributed by atoms with Gasteiger partial charge in [-0.25, -0.2) is 4.79 Å². The molecule has 0 aliphatic heterocycles. The maximum Gasteiger partial charge on any atom is 0.408 e. The second-order valence-corrected chi connectivity index (χ2v) is 5.00. The summed E-state index contributed by atoms with van der Waals surface area (Å²) in [5.41, 5.74) is 4.86. The molecule has 0 bridgehead atoms. The second kappa shape index (κ2) is 5.34. The molecule has 0 aromatic heterocycles. The van der Waals surface area contributed by atoms with Gasteiger partial charge < -0.3 is 15.8 Å². The fourth-order valence-corrected chi connectivity index (χ4v) is 1.13. The average Bonchev–Trinajstić information content (AvgIpc) is 1.81. The molecule has 0 unspecified atom stereocenters. The van der Waals surface area contributed by atoms with E-state index in [0.29, 0.717) is 5.88 Å². The summed E-state index contributed by atoms with van der Waals surface area (Å²) in [5.74, 6) is 0.483. The fraction of sp³-hybridized carbons (Fsp3) is 0.875. The Labute approximate surface area is 83.6 Å². The molecule has 0 saturated heterocycles. The molecular formula is C8H18N2O2S. The number of carbonyl (C=O) groups is 1. The molecule has 3 N–H and O–H groups in total. The van der Waals surface area contributed by atoms with E-state index >= 15 is 0 Å². The lowest BCUT2D eigenvalue weighted by Crippen LogP contribution is -2.36. The maximum atomic E-state index is 11.2. The minimum Gasteiger partial charge on any atom is -0.444 e. The Balaban J connectivity index is 3.74. The minimum atomic E-state index is -0.447. The van der Waals surface area contributed by atoms with Gasteiger partial charge in [0.1, 0.15) is 5.60 Å². The molecule has 4 nitrogen and oxygen atoms in total. The number of nitrogens with two attached hydrogens (primary N) is 1. The number of ether oxygens (including phenoxy) is 1. The predicted molar refractivity (Wildman–Crippen MR) is 55.5 cm³/mol. The predicted octanol–water partition coefficient (Wildman–Crippen LogP) is 1.51. The number of alkyl carbamates (subject to hydrolysis) is 1. The van der Waals surface area contributed by atoms with E-state index in [1.54, 1.807) is 0 Å². The van der Waals surface area contributed by atoms with E-state index in [1.807, 2.05) is 27.7 Å². The summed E-state index contributed by atoms with van der Waals surface area (Å²) in [5, 5.41) is 2.65. The zero-order valence-corrected chi connectivity index (χ0v) is 9.40. The van der Waals surface area contributed by atoms with Gasteiger partial charge in [-0.2, -0.15) is 0 Å². The molecule has 1 amide bonds. The highest BCUT2D eigenvalue weighted by atomic mass is 32.2. The second-order valence-electron chi connectivity index (χ2n) is 3.62. The van der Waals surface area contributed by atoms with Crippen LogP contribution in [0.1, 0.15) is 27.7 Å². The van der Waals surface area contributed by atoms with Crippen LogP contribution in [0, 0.1) is 0 Å². The number of amides is 1. The van der Waals surface area contributed by atoms with Crippen LogP contribution in [-0.2, 0) is 4.74 Å². The van der Waals surface area contributed by atoms with Gasteiger partial charge in [0.05, 0.1) is 5.37 Å². The van der Waals surface area contributed by atoms with E-state index < -0.39 is 11.7 Å². The van der Waals surface area contributed by atoms with Crippen LogP contribution < -0.4 is 11.1 Å². The van der Waals surface area contributed by atoms with Crippen molar-refractivity contribution in [1.82, 2.24) is 5.32 Å². The van der Waals surface area contributed by atoms with E-state index in [9.17, 15) is 4.79 Å². The Bertz CT molecular complexity index is 168. The largest absolute Gasteiger partial charge is 0.444 e. The molecule has 0 aliphatic carbocycles. The molecule has 0 rings (SSSR count). The molecule has 0 heterocycles. The van der Waals surface area contributed by atoms with Crippen molar-refractivity contribution >= 4 is 17.9 Å². The van der Waals surface area contributed by atoms with Crippen molar-refractivity contribution in [3.63, 3.8) is 0 Å². The Morgan fingerprint density at radius 3 is 2.54 bits per heavy atom. The summed E-state index contributed by atoms with van der Waals surface area (Å²) < 4.78 is 5.05. The van der Waals surface area contributed by atoms with Crippen LogP contribution in [-0.4, -0.2) is 22.9 Å². The van der Waals surface area contributed by atoms with Crippen molar-refractivity contribution < 1.29 is 9.53 Å². The Hall–Kier alpha value is -0.420. The van der Waals surface area contributed by atoms with Crippen LogP contribution in [0.5, 0.6) is 0 Å². The SMILES string of the molecule is C[C@H](NC(=O)OC(C)(C)C)SCN. The van der Waals surface area contributed by atoms with Crippen LogP contribution >= 0.6 is 11.8 Å². The van der Waals surface area contributed by atoms with Crippen molar-refractivity contribution in [1.29, 1.82) is 0 Å². The van der Waals surface area contributed by atoms with Crippen LogP contribution in [0.3, 0.4) is 0 Å². The topological polar surface area (TPSA) is 64.3 Å². The van der Waals surface area contributed by atoms with Crippen LogP contribution in [0.4, 0.5) is 4.79 Å². The molecule has 78 valence electrons. The van der Waals surface area contributed by atoms with Gasteiger partial charge in [-0.15, -0.1) is 11.8 Å². The fourth-order valence-electron chi connectivity index (χ4n) is 0.660.